The van der Waals surface area contributed by atoms with Crippen LogP contribution in [0.5, 0.6) is 5.75 Å². The van der Waals surface area contributed by atoms with E-state index >= 15 is 0 Å². The van der Waals surface area contributed by atoms with Gasteiger partial charge in [-0.1, -0.05) is 94.3 Å². The molecule has 2 aromatic rings. The topological polar surface area (TPSA) is 9.23 Å². The Bertz CT molecular complexity index is 633. The molecule has 0 N–H and O–H groups in total. The molecule has 0 saturated heterocycles. The molecule has 2 rings (SSSR count). The summed E-state index contributed by atoms with van der Waals surface area (Å²) in [7, 11) is 0. The van der Waals surface area contributed by atoms with Crippen molar-refractivity contribution in [3.05, 3.63) is 53.1 Å². The summed E-state index contributed by atoms with van der Waals surface area (Å²) in [5.74, 6) is 0.795. The molecule has 26 heavy (non-hydrogen) atoms. The van der Waals surface area contributed by atoms with Gasteiger partial charge in [0, 0.05) is 0 Å². The first-order chi connectivity index (χ1) is 12.7. The summed E-state index contributed by atoms with van der Waals surface area (Å²) in [6.45, 7) is 5.22. The molecule has 0 saturated carbocycles. The van der Waals surface area contributed by atoms with Crippen molar-refractivity contribution in [1.29, 1.82) is 0 Å². The Hall–Kier alpha value is -1.47. The molecule has 1 nitrogen and oxygen atoms in total. The Morgan fingerprint density at radius 2 is 1.38 bits per heavy atom. The van der Waals surface area contributed by atoms with Gasteiger partial charge in [-0.15, -0.1) is 0 Å². The van der Waals surface area contributed by atoms with Crippen LogP contribution >= 0.6 is 11.6 Å². The highest BCUT2D eigenvalue weighted by Crippen LogP contribution is 2.31. The number of hydrogen-bond acceptors (Lipinski definition) is 1. The second-order valence-corrected chi connectivity index (χ2v) is 7.47. The van der Waals surface area contributed by atoms with Gasteiger partial charge in [-0.05, 0) is 48.1 Å². The summed E-state index contributed by atoms with van der Waals surface area (Å²) in [5, 5.41) is 0.698. The zero-order valence-corrected chi connectivity index (χ0v) is 17.2. The van der Waals surface area contributed by atoms with Crippen LogP contribution in [0.4, 0.5) is 0 Å². The molecule has 0 aliphatic rings. The lowest BCUT2D eigenvalue weighted by atomic mass is 10.0. The van der Waals surface area contributed by atoms with Crippen LogP contribution < -0.4 is 4.74 Å². The number of aryl methyl sites for hydroxylation is 1. The first kappa shape index (κ1) is 20.8. The van der Waals surface area contributed by atoms with Crippen molar-refractivity contribution in [2.45, 2.75) is 71.6 Å². The maximum atomic E-state index is 6.44. The summed E-state index contributed by atoms with van der Waals surface area (Å²) < 4.78 is 5.87. The highest BCUT2D eigenvalue weighted by molar-refractivity contribution is 6.32. The van der Waals surface area contributed by atoms with Crippen molar-refractivity contribution in [3.63, 3.8) is 0 Å². The summed E-state index contributed by atoms with van der Waals surface area (Å²) in [4.78, 5) is 0. The van der Waals surface area contributed by atoms with Gasteiger partial charge in [0.05, 0.1) is 11.6 Å². The van der Waals surface area contributed by atoms with Gasteiger partial charge in [-0.3, -0.25) is 0 Å². The van der Waals surface area contributed by atoms with E-state index in [2.05, 4.69) is 44.2 Å². The third kappa shape index (κ3) is 7.03. The van der Waals surface area contributed by atoms with E-state index in [1.54, 1.807) is 0 Å². The Morgan fingerprint density at radius 3 is 2.08 bits per heavy atom. The van der Waals surface area contributed by atoms with Crippen LogP contribution in [0.2, 0.25) is 5.02 Å². The van der Waals surface area contributed by atoms with Crippen LogP contribution in [0.25, 0.3) is 11.1 Å². The fraction of sp³-hybridized carbons (Fsp3) is 0.500. The van der Waals surface area contributed by atoms with Crippen LogP contribution in [-0.2, 0) is 6.42 Å². The standard InChI is InChI=1S/C24H33ClO/c1-3-5-7-8-9-10-18-26-24-17-16-22(19-23(24)25)21-14-12-20(13-15-21)11-6-4-2/h12-17,19H,3-11,18H2,1-2H3. The molecule has 0 aliphatic carbocycles. The molecule has 0 radical (unpaired) electrons. The molecule has 0 spiro atoms. The van der Waals surface area contributed by atoms with Gasteiger partial charge in [0.1, 0.15) is 5.75 Å². The van der Waals surface area contributed by atoms with E-state index in [0.29, 0.717) is 5.02 Å². The highest BCUT2D eigenvalue weighted by atomic mass is 35.5. The third-order valence-corrected chi connectivity index (χ3v) is 5.09. The molecular formula is C24H33ClO. The first-order valence-corrected chi connectivity index (χ1v) is 10.6. The average Bonchev–Trinajstić information content (AvgIpc) is 2.67. The first-order valence-electron chi connectivity index (χ1n) is 10.3. The number of hydrogen-bond donors (Lipinski definition) is 0. The van der Waals surface area contributed by atoms with Crippen LogP contribution in [0.15, 0.2) is 42.5 Å². The normalized spacial score (nSPS) is 10.9. The molecule has 0 fully saturated rings. The molecular weight excluding hydrogens is 340 g/mol. The average molecular weight is 373 g/mol. The van der Waals surface area contributed by atoms with Gasteiger partial charge in [0.25, 0.3) is 0 Å². The van der Waals surface area contributed by atoms with E-state index in [1.807, 2.05) is 12.1 Å². The van der Waals surface area contributed by atoms with Crippen LogP contribution in [0.3, 0.4) is 0 Å². The summed E-state index contributed by atoms with van der Waals surface area (Å²) >= 11 is 6.44. The van der Waals surface area contributed by atoms with Crippen molar-refractivity contribution >= 4 is 11.6 Å². The van der Waals surface area contributed by atoms with E-state index in [9.17, 15) is 0 Å². The summed E-state index contributed by atoms with van der Waals surface area (Å²) in [6.07, 6.45) is 11.2. The third-order valence-electron chi connectivity index (χ3n) is 4.79. The number of benzene rings is 2. The van der Waals surface area contributed by atoms with Crippen molar-refractivity contribution in [2.75, 3.05) is 6.61 Å². The SMILES string of the molecule is CCCCCCCCOc1ccc(-c2ccc(CCCC)cc2)cc1Cl. The van der Waals surface area contributed by atoms with E-state index in [-0.39, 0.29) is 0 Å². The zero-order valence-electron chi connectivity index (χ0n) is 16.4. The smallest absolute Gasteiger partial charge is 0.137 e. The lowest BCUT2D eigenvalue weighted by Crippen LogP contribution is -1.98. The van der Waals surface area contributed by atoms with E-state index in [4.69, 9.17) is 16.3 Å². The molecule has 0 amide bonds. The maximum Gasteiger partial charge on any atom is 0.137 e. The van der Waals surface area contributed by atoms with Crippen LogP contribution in [0.1, 0.15) is 70.8 Å². The van der Waals surface area contributed by atoms with Gasteiger partial charge in [0.15, 0.2) is 0 Å². The molecule has 0 bridgehead atoms. The minimum Gasteiger partial charge on any atom is -0.492 e. The van der Waals surface area contributed by atoms with Crippen molar-refractivity contribution in [1.82, 2.24) is 0 Å². The summed E-state index contributed by atoms with van der Waals surface area (Å²) in [6, 6.07) is 14.9. The number of rotatable bonds is 12. The van der Waals surface area contributed by atoms with Gasteiger partial charge in [0.2, 0.25) is 0 Å². The fourth-order valence-corrected chi connectivity index (χ4v) is 3.34. The monoisotopic (exact) mass is 372 g/mol. The Morgan fingerprint density at radius 1 is 0.731 bits per heavy atom. The maximum absolute atomic E-state index is 6.44. The number of unbranched alkanes of at least 4 members (excludes halogenated alkanes) is 6. The Balaban J connectivity index is 1.84. The molecule has 0 heterocycles. The fourth-order valence-electron chi connectivity index (χ4n) is 3.11. The van der Waals surface area contributed by atoms with E-state index < -0.39 is 0 Å². The van der Waals surface area contributed by atoms with Crippen molar-refractivity contribution in [3.8, 4) is 16.9 Å². The predicted molar refractivity (Wildman–Crippen MR) is 114 cm³/mol. The second-order valence-electron chi connectivity index (χ2n) is 7.06. The predicted octanol–water partition coefficient (Wildman–Crippen LogP) is 8.09. The number of halogens is 1. The van der Waals surface area contributed by atoms with Gasteiger partial charge < -0.3 is 4.74 Å². The Labute approximate surface area is 164 Å². The van der Waals surface area contributed by atoms with Gasteiger partial charge in [-0.25, -0.2) is 0 Å². The highest BCUT2D eigenvalue weighted by Gasteiger charge is 2.05. The summed E-state index contributed by atoms with van der Waals surface area (Å²) in [5.41, 5.74) is 3.75. The minimum absolute atomic E-state index is 0.698. The van der Waals surface area contributed by atoms with E-state index in [0.717, 1.165) is 30.8 Å². The lowest BCUT2D eigenvalue weighted by molar-refractivity contribution is 0.304. The van der Waals surface area contributed by atoms with Gasteiger partial charge in [-0.2, -0.15) is 0 Å². The van der Waals surface area contributed by atoms with Crippen molar-refractivity contribution in [2.24, 2.45) is 0 Å². The van der Waals surface area contributed by atoms with Crippen LogP contribution in [0, 0.1) is 0 Å². The number of ether oxygens (including phenoxy) is 1. The molecule has 0 unspecified atom stereocenters. The molecule has 2 heteroatoms. The molecule has 142 valence electrons. The molecule has 0 aliphatic heterocycles. The molecule has 2 aromatic carbocycles. The zero-order chi connectivity index (χ0) is 18.6. The van der Waals surface area contributed by atoms with Crippen molar-refractivity contribution < 1.29 is 4.74 Å². The largest absolute Gasteiger partial charge is 0.492 e. The minimum atomic E-state index is 0.698. The lowest BCUT2D eigenvalue weighted by Gasteiger charge is -2.10. The van der Waals surface area contributed by atoms with E-state index in [1.165, 1.54) is 56.1 Å². The second kappa shape index (κ2) is 12.0. The van der Waals surface area contributed by atoms with Gasteiger partial charge >= 0.3 is 0 Å². The molecule has 0 aromatic heterocycles. The Kier molecular flexibility index (Phi) is 9.63. The van der Waals surface area contributed by atoms with Crippen LogP contribution in [-0.4, -0.2) is 6.61 Å². The quantitative estimate of drug-likeness (QED) is 0.342. The molecule has 0 atom stereocenters.